The monoisotopic (exact) mass is 465 g/mol. The van der Waals surface area contributed by atoms with Gasteiger partial charge in [0.05, 0.1) is 12.3 Å². The second-order valence-electron chi connectivity index (χ2n) is 8.07. The van der Waals surface area contributed by atoms with Gasteiger partial charge in [-0.1, -0.05) is 60.7 Å². The van der Waals surface area contributed by atoms with Gasteiger partial charge in [-0.2, -0.15) is 0 Å². The summed E-state index contributed by atoms with van der Waals surface area (Å²) in [5, 5.41) is 3.90. The first-order chi connectivity index (χ1) is 16.7. The third-order valence-corrected chi connectivity index (χ3v) is 10.4. The number of fused-ring (bicyclic) bond motifs is 1. The Morgan fingerprint density at radius 1 is 0.765 bits per heavy atom. The average Bonchev–Trinajstić information content (AvgIpc) is 3.31. The van der Waals surface area contributed by atoms with Gasteiger partial charge < -0.3 is 4.74 Å². The van der Waals surface area contributed by atoms with Gasteiger partial charge in [-0.05, 0) is 55.5 Å². The molecule has 3 aromatic carbocycles. The fourth-order valence-electron chi connectivity index (χ4n) is 4.52. The summed E-state index contributed by atoms with van der Waals surface area (Å²) in [6.45, 7) is 2.15. The van der Waals surface area contributed by atoms with Crippen molar-refractivity contribution in [3.05, 3.63) is 127 Å². The highest BCUT2D eigenvalue weighted by molar-refractivity contribution is 7.95. The van der Waals surface area contributed by atoms with Crippen LogP contribution in [0.15, 0.2) is 115 Å². The normalized spacial score (nSPS) is 11.4. The lowest BCUT2D eigenvalue weighted by Crippen LogP contribution is -2.32. The summed E-state index contributed by atoms with van der Waals surface area (Å²) >= 11 is 0. The minimum Gasteiger partial charge on any atom is -0.461 e. The van der Waals surface area contributed by atoms with Crippen LogP contribution in [0.25, 0.3) is 5.65 Å². The van der Waals surface area contributed by atoms with Gasteiger partial charge in [0, 0.05) is 6.20 Å². The fourth-order valence-corrected chi connectivity index (χ4v) is 8.64. The zero-order valence-electron chi connectivity index (χ0n) is 19.0. The topological polar surface area (TPSA) is 43.6 Å². The van der Waals surface area contributed by atoms with Crippen molar-refractivity contribution in [2.45, 2.75) is 13.1 Å². The van der Waals surface area contributed by atoms with Crippen molar-refractivity contribution in [2.75, 3.05) is 6.61 Å². The molecule has 0 aliphatic rings. The van der Waals surface area contributed by atoms with Gasteiger partial charge in [-0.15, -0.1) is 0 Å². The molecule has 5 aromatic rings. The van der Waals surface area contributed by atoms with E-state index in [1.165, 1.54) is 15.9 Å². The van der Waals surface area contributed by atoms with E-state index in [4.69, 9.17) is 9.72 Å². The number of esters is 1. The predicted molar refractivity (Wildman–Crippen MR) is 140 cm³/mol. The van der Waals surface area contributed by atoms with Crippen molar-refractivity contribution in [3.63, 3.8) is 0 Å². The highest BCUT2D eigenvalue weighted by Crippen LogP contribution is 2.57. The maximum absolute atomic E-state index is 12.6. The zero-order valence-corrected chi connectivity index (χ0v) is 19.9. The molecule has 2 heterocycles. The maximum atomic E-state index is 12.6. The molecule has 5 rings (SSSR count). The van der Waals surface area contributed by atoms with Crippen molar-refractivity contribution in [2.24, 2.45) is 0 Å². The number of nitrogens with zero attached hydrogens (tertiary/aromatic N) is 2. The number of carbonyl (C=O) groups is 1. The number of hydrogen-bond acceptors (Lipinski definition) is 3. The molecule has 0 bridgehead atoms. The molecule has 0 fully saturated rings. The van der Waals surface area contributed by atoms with Crippen molar-refractivity contribution in [1.29, 1.82) is 0 Å². The summed E-state index contributed by atoms with van der Waals surface area (Å²) in [6, 6.07) is 37.8. The number of aromatic nitrogens is 2. The summed E-state index contributed by atoms with van der Waals surface area (Å²) in [7, 11) is -2.07. The number of rotatable bonds is 7. The molecule has 0 radical (unpaired) electrons. The zero-order chi connectivity index (χ0) is 23.4. The molecule has 0 aliphatic carbocycles. The smallest absolute Gasteiger partial charge is 0.355 e. The van der Waals surface area contributed by atoms with Crippen LogP contribution in [-0.4, -0.2) is 22.0 Å². The highest BCUT2D eigenvalue weighted by atomic mass is 31.2. The Morgan fingerprint density at radius 3 is 1.79 bits per heavy atom. The van der Waals surface area contributed by atoms with Crippen molar-refractivity contribution < 1.29 is 9.53 Å². The van der Waals surface area contributed by atoms with E-state index in [1.54, 1.807) is 6.07 Å². The first-order valence-electron chi connectivity index (χ1n) is 11.4. The Balaban J connectivity index is 1.72. The van der Waals surface area contributed by atoms with E-state index in [-0.39, 0.29) is 5.97 Å². The van der Waals surface area contributed by atoms with Gasteiger partial charge in [-0.3, -0.25) is 4.40 Å². The summed E-state index contributed by atoms with van der Waals surface area (Å²) in [4.78, 5) is 17.5. The lowest BCUT2D eigenvalue weighted by molar-refractivity contribution is 0.0517. The van der Waals surface area contributed by atoms with E-state index in [0.717, 1.165) is 17.5 Å². The van der Waals surface area contributed by atoms with Crippen molar-refractivity contribution in [3.8, 4) is 0 Å². The van der Waals surface area contributed by atoms with Gasteiger partial charge >= 0.3 is 5.97 Å². The van der Waals surface area contributed by atoms with Gasteiger partial charge in [0.15, 0.2) is 0 Å². The Hall–Kier alpha value is -3.75. The number of imidazole rings is 1. The van der Waals surface area contributed by atoms with Crippen LogP contribution in [-0.2, 0) is 10.9 Å². The van der Waals surface area contributed by atoms with Gasteiger partial charge in [0.25, 0.3) is 0 Å². The molecule has 0 aliphatic heterocycles. The molecule has 2 aromatic heterocycles. The summed E-state index contributed by atoms with van der Waals surface area (Å²) < 4.78 is 7.12. The Kier molecular flexibility index (Phi) is 6.24. The van der Waals surface area contributed by atoms with Crippen LogP contribution in [0.4, 0.5) is 0 Å². The minimum atomic E-state index is -2.07. The molecular formula is C29H26N2O2P+. The standard InChI is InChI=1S/C29H26N2O2P/c1-2-33-29(32)27-19-12-20-28-30-23(21-31(27)28)22-34(24-13-6-3-7-14-24,25-15-8-4-9-16-25)26-17-10-5-11-18-26/h3-21H,2,22H2,1H3/q+1. The molecule has 0 spiro atoms. The number of benzene rings is 3. The molecule has 0 unspecified atom stereocenters. The molecule has 0 saturated heterocycles. The summed E-state index contributed by atoms with van der Waals surface area (Å²) in [5.74, 6) is -0.340. The van der Waals surface area contributed by atoms with Crippen LogP contribution in [0.5, 0.6) is 0 Å². The van der Waals surface area contributed by atoms with Gasteiger partial charge in [0.1, 0.15) is 40.7 Å². The molecule has 0 amide bonds. The van der Waals surface area contributed by atoms with E-state index in [2.05, 4.69) is 91.0 Å². The second-order valence-corrected chi connectivity index (χ2v) is 11.6. The number of carbonyl (C=O) groups excluding carboxylic acids is 1. The van der Waals surface area contributed by atoms with Crippen LogP contribution >= 0.6 is 7.26 Å². The van der Waals surface area contributed by atoms with Crippen LogP contribution < -0.4 is 15.9 Å². The second kappa shape index (κ2) is 9.62. The average molecular weight is 466 g/mol. The highest BCUT2D eigenvalue weighted by Gasteiger charge is 2.46. The third kappa shape index (κ3) is 4.02. The van der Waals surface area contributed by atoms with Gasteiger partial charge in [-0.25, -0.2) is 9.78 Å². The number of hydrogen-bond donors (Lipinski definition) is 0. The molecule has 0 atom stereocenters. The first kappa shape index (κ1) is 22.1. The molecule has 5 heteroatoms. The molecule has 0 N–H and O–H groups in total. The SMILES string of the molecule is CCOC(=O)c1cccc2nc(C[P+](c3ccccc3)(c3ccccc3)c3ccccc3)cn12. The van der Waals surface area contributed by atoms with Crippen LogP contribution in [0.3, 0.4) is 0 Å². The summed E-state index contributed by atoms with van der Waals surface area (Å²) in [6.07, 6.45) is 2.74. The Bertz CT molecular complexity index is 1300. The molecular weight excluding hydrogens is 439 g/mol. The van der Waals surface area contributed by atoms with Gasteiger partial charge in [0.2, 0.25) is 0 Å². The quantitative estimate of drug-likeness (QED) is 0.251. The lowest BCUT2D eigenvalue weighted by atomic mass is 10.3. The third-order valence-electron chi connectivity index (χ3n) is 6.02. The van der Waals surface area contributed by atoms with Crippen LogP contribution in [0, 0.1) is 0 Å². The Labute approximate surface area is 200 Å². The van der Waals surface area contributed by atoms with E-state index >= 15 is 0 Å². The largest absolute Gasteiger partial charge is 0.461 e. The fraction of sp³-hybridized carbons (Fsp3) is 0.103. The first-order valence-corrected chi connectivity index (χ1v) is 13.4. The van der Waals surface area contributed by atoms with Crippen LogP contribution in [0.2, 0.25) is 0 Å². The predicted octanol–water partition coefficient (Wildman–Crippen LogP) is 5.01. The maximum Gasteiger partial charge on any atom is 0.355 e. The molecule has 168 valence electrons. The Morgan fingerprint density at radius 2 is 1.29 bits per heavy atom. The lowest BCUT2D eigenvalue weighted by Gasteiger charge is -2.27. The molecule has 0 saturated carbocycles. The van der Waals surface area contributed by atoms with Crippen molar-refractivity contribution in [1.82, 2.24) is 9.38 Å². The van der Waals surface area contributed by atoms with Crippen LogP contribution in [0.1, 0.15) is 23.1 Å². The molecule has 34 heavy (non-hydrogen) atoms. The van der Waals surface area contributed by atoms with E-state index in [9.17, 15) is 4.79 Å². The number of ether oxygens (including phenoxy) is 1. The van der Waals surface area contributed by atoms with E-state index in [0.29, 0.717) is 12.3 Å². The van der Waals surface area contributed by atoms with E-state index < -0.39 is 7.26 Å². The minimum absolute atomic E-state index is 0.335. The summed E-state index contributed by atoms with van der Waals surface area (Å²) in [5.41, 5.74) is 2.18. The van der Waals surface area contributed by atoms with Crippen molar-refractivity contribution >= 4 is 34.8 Å². The van der Waals surface area contributed by atoms with E-state index in [1.807, 2.05) is 29.7 Å². The number of pyridine rings is 1. The molecule has 4 nitrogen and oxygen atoms in total.